The van der Waals surface area contributed by atoms with Crippen LogP contribution in [0.25, 0.3) is 55.4 Å². The second-order valence-electron chi connectivity index (χ2n) is 7.01. The van der Waals surface area contributed by atoms with Crippen LogP contribution in [-0.2, 0) is 0 Å². The molecule has 31 heavy (non-hydrogen) atoms. The Morgan fingerprint density at radius 1 is 1.10 bits per heavy atom. The summed E-state index contributed by atoms with van der Waals surface area (Å²) in [5.74, 6) is 0.621. The van der Waals surface area contributed by atoms with Crippen LogP contribution in [0, 0.1) is 0 Å². The molecule has 0 unspecified atom stereocenters. The van der Waals surface area contributed by atoms with E-state index in [0.717, 1.165) is 32.7 Å². The summed E-state index contributed by atoms with van der Waals surface area (Å²) in [6, 6.07) is 9.55. The van der Waals surface area contributed by atoms with E-state index >= 15 is 0 Å². The molecule has 0 radical (unpaired) electrons. The van der Waals surface area contributed by atoms with Crippen molar-refractivity contribution in [1.29, 1.82) is 0 Å². The van der Waals surface area contributed by atoms with Crippen molar-refractivity contribution in [2.75, 3.05) is 0 Å². The summed E-state index contributed by atoms with van der Waals surface area (Å²) in [5.41, 5.74) is 6.10. The van der Waals surface area contributed by atoms with Crippen LogP contribution in [-0.4, -0.2) is 46.1 Å². The monoisotopic (exact) mass is 426 g/mol. The van der Waals surface area contributed by atoms with Crippen LogP contribution in [0.3, 0.4) is 0 Å². The van der Waals surface area contributed by atoms with Crippen LogP contribution in [0.5, 0.6) is 0 Å². The molecule has 150 valence electrons. The summed E-state index contributed by atoms with van der Waals surface area (Å²) in [6.45, 7) is 1.57. The third-order valence-corrected chi connectivity index (χ3v) is 6.26. The molecule has 0 spiro atoms. The molecule has 0 amide bonds. The van der Waals surface area contributed by atoms with E-state index in [9.17, 15) is 4.79 Å². The van der Waals surface area contributed by atoms with Crippen molar-refractivity contribution >= 4 is 39.3 Å². The van der Waals surface area contributed by atoms with Crippen molar-refractivity contribution < 1.29 is 4.79 Å². The smallest absolute Gasteiger partial charge is 0.178 e. The molecule has 0 aromatic carbocycles. The highest BCUT2D eigenvalue weighted by Gasteiger charge is 2.18. The van der Waals surface area contributed by atoms with Gasteiger partial charge in [0, 0.05) is 28.4 Å². The normalized spacial score (nSPS) is 11.5. The first kappa shape index (κ1) is 17.7. The number of nitrogens with one attached hydrogen (secondary N) is 3. The Bertz CT molecular complexity index is 1570. The highest BCUT2D eigenvalue weighted by atomic mass is 32.1. The van der Waals surface area contributed by atoms with E-state index in [1.807, 2.05) is 30.3 Å². The van der Waals surface area contributed by atoms with Gasteiger partial charge in [0.1, 0.15) is 5.52 Å². The molecule has 6 heterocycles. The summed E-state index contributed by atoms with van der Waals surface area (Å²) in [5, 5.41) is 14.2. The molecular formula is C21H14N8OS. The molecule has 0 bridgehead atoms. The standard InChI is InChI=1S/C21H14N8OS/c1-10(30)15-4-5-16(31-15)12-6-7-22-20-17(12)26-21(27-20)19-18-14(28-29-19)3-2-13(25-18)11-8-23-24-9-11/h2-9H,1H3,(H,23,24)(H,28,29)(H,22,26,27). The van der Waals surface area contributed by atoms with E-state index in [2.05, 4.69) is 35.3 Å². The number of nitrogens with zero attached hydrogens (tertiary/aromatic N) is 5. The number of imidazole rings is 1. The second kappa shape index (κ2) is 6.67. The van der Waals surface area contributed by atoms with Gasteiger partial charge in [0.15, 0.2) is 22.9 Å². The Morgan fingerprint density at radius 3 is 2.84 bits per heavy atom. The van der Waals surface area contributed by atoms with E-state index in [-0.39, 0.29) is 5.78 Å². The fraction of sp³-hybridized carbons (Fsp3) is 0.0476. The molecule has 3 N–H and O–H groups in total. The number of Topliss-reactive ketones (excluding diaryl/α,β-unsaturated/α-hetero) is 1. The van der Waals surface area contributed by atoms with Crippen molar-refractivity contribution in [2.24, 2.45) is 0 Å². The average molecular weight is 426 g/mol. The third-order valence-electron chi connectivity index (χ3n) is 5.04. The number of thiophene rings is 1. The molecule has 0 saturated carbocycles. The van der Waals surface area contributed by atoms with E-state index in [1.165, 1.54) is 11.3 Å². The van der Waals surface area contributed by atoms with Crippen molar-refractivity contribution in [1.82, 2.24) is 40.3 Å². The van der Waals surface area contributed by atoms with Gasteiger partial charge < -0.3 is 4.98 Å². The Balaban J connectivity index is 1.50. The van der Waals surface area contributed by atoms with Crippen LogP contribution < -0.4 is 0 Å². The van der Waals surface area contributed by atoms with Crippen LogP contribution in [0.4, 0.5) is 0 Å². The Hall–Kier alpha value is -4.18. The third kappa shape index (κ3) is 2.84. The van der Waals surface area contributed by atoms with Gasteiger partial charge in [0.25, 0.3) is 0 Å². The van der Waals surface area contributed by atoms with Crippen molar-refractivity contribution in [2.45, 2.75) is 6.92 Å². The van der Waals surface area contributed by atoms with Gasteiger partial charge in [-0.3, -0.25) is 15.0 Å². The number of aromatic nitrogens is 8. The molecule has 0 atom stereocenters. The number of hydrogen-bond donors (Lipinski definition) is 3. The molecule has 10 heteroatoms. The maximum Gasteiger partial charge on any atom is 0.178 e. The van der Waals surface area contributed by atoms with E-state index in [4.69, 9.17) is 4.98 Å². The fourth-order valence-electron chi connectivity index (χ4n) is 3.52. The molecule has 6 aromatic rings. The van der Waals surface area contributed by atoms with E-state index in [1.54, 1.807) is 25.5 Å². The minimum atomic E-state index is 0.0503. The van der Waals surface area contributed by atoms with Gasteiger partial charge in [-0.2, -0.15) is 10.2 Å². The van der Waals surface area contributed by atoms with Crippen LogP contribution in [0.1, 0.15) is 16.6 Å². The molecule has 0 aliphatic rings. The second-order valence-corrected chi connectivity index (χ2v) is 8.10. The SMILES string of the molecule is CC(=O)c1ccc(-c2ccnc3nc(-c4n[nH]c5ccc(-c6cn[nH]c6)nc45)[nH]c23)s1. The number of pyridine rings is 2. The highest BCUT2D eigenvalue weighted by Crippen LogP contribution is 2.34. The molecule has 0 saturated heterocycles. The zero-order chi connectivity index (χ0) is 20.9. The molecular weight excluding hydrogens is 412 g/mol. The number of ketones is 1. The van der Waals surface area contributed by atoms with Gasteiger partial charge in [-0.05, 0) is 37.3 Å². The number of aromatic amines is 3. The van der Waals surface area contributed by atoms with Gasteiger partial charge in [-0.1, -0.05) is 0 Å². The van der Waals surface area contributed by atoms with Gasteiger partial charge in [-0.25, -0.2) is 15.0 Å². The lowest BCUT2D eigenvalue weighted by molar-refractivity contribution is 0.102. The van der Waals surface area contributed by atoms with Gasteiger partial charge in [0.05, 0.1) is 27.8 Å². The molecule has 6 aromatic heterocycles. The predicted octanol–water partition coefficient (Wildman–Crippen LogP) is 4.22. The number of carbonyl (C=O) groups excluding carboxylic acids is 1. The van der Waals surface area contributed by atoms with Crippen LogP contribution in [0.15, 0.2) is 48.9 Å². The van der Waals surface area contributed by atoms with Crippen LogP contribution >= 0.6 is 11.3 Å². The lowest BCUT2D eigenvalue weighted by Gasteiger charge is -1.98. The molecule has 6 rings (SSSR count). The summed E-state index contributed by atoms with van der Waals surface area (Å²) >= 11 is 1.45. The number of H-pyrrole nitrogens is 3. The lowest BCUT2D eigenvalue weighted by Crippen LogP contribution is -1.86. The van der Waals surface area contributed by atoms with E-state index in [0.29, 0.717) is 27.6 Å². The first-order valence-electron chi connectivity index (χ1n) is 9.48. The lowest BCUT2D eigenvalue weighted by atomic mass is 10.2. The van der Waals surface area contributed by atoms with Gasteiger partial charge in [-0.15, -0.1) is 11.3 Å². The molecule has 0 fully saturated rings. The van der Waals surface area contributed by atoms with Crippen molar-refractivity contribution in [3.63, 3.8) is 0 Å². The largest absolute Gasteiger partial charge is 0.335 e. The fourth-order valence-corrected chi connectivity index (χ4v) is 4.45. The maximum atomic E-state index is 11.7. The Morgan fingerprint density at radius 2 is 2.03 bits per heavy atom. The summed E-state index contributed by atoms with van der Waals surface area (Å²) in [4.78, 5) is 30.6. The summed E-state index contributed by atoms with van der Waals surface area (Å²) < 4.78 is 0. The zero-order valence-corrected chi connectivity index (χ0v) is 17.0. The topological polar surface area (TPSA) is 129 Å². The summed E-state index contributed by atoms with van der Waals surface area (Å²) in [7, 11) is 0. The first-order valence-corrected chi connectivity index (χ1v) is 10.3. The number of hydrogen-bond acceptors (Lipinski definition) is 7. The zero-order valence-electron chi connectivity index (χ0n) is 16.2. The van der Waals surface area contributed by atoms with Crippen molar-refractivity contribution in [3.05, 3.63) is 53.8 Å². The average Bonchev–Trinajstić information content (AvgIpc) is 3.58. The van der Waals surface area contributed by atoms with E-state index < -0.39 is 0 Å². The Kier molecular flexibility index (Phi) is 3.80. The van der Waals surface area contributed by atoms with Crippen LogP contribution in [0.2, 0.25) is 0 Å². The molecule has 0 aliphatic heterocycles. The predicted molar refractivity (Wildman–Crippen MR) is 118 cm³/mol. The molecule has 9 nitrogen and oxygen atoms in total. The number of rotatable bonds is 4. The van der Waals surface area contributed by atoms with Gasteiger partial charge >= 0.3 is 0 Å². The van der Waals surface area contributed by atoms with Gasteiger partial charge in [0.2, 0.25) is 0 Å². The highest BCUT2D eigenvalue weighted by molar-refractivity contribution is 7.17. The van der Waals surface area contributed by atoms with Crippen molar-refractivity contribution in [3.8, 4) is 33.2 Å². The minimum Gasteiger partial charge on any atom is -0.335 e. The Labute approximate surface area is 178 Å². The quantitative estimate of drug-likeness (QED) is 0.362. The summed E-state index contributed by atoms with van der Waals surface area (Å²) in [6.07, 6.45) is 5.23. The maximum absolute atomic E-state index is 11.7. The number of carbonyl (C=O) groups is 1. The number of fused-ring (bicyclic) bond motifs is 2. The minimum absolute atomic E-state index is 0.0503. The first-order chi connectivity index (χ1) is 15.2. The molecule has 0 aliphatic carbocycles.